The van der Waals surface area contributed by atoms with Crippen molar-refractivity contribution in [2.75, 3.05) is 6.54 Å². The highest BCUT2D eigenvalue weighted by atomic mass is 79.9. The highest BCUT2D eigenvalue weighted by Crippen LogP contribution is 2.23. The molecule has 0 spiro atoms. The average Bonchev–Trinajstić information content (AvgIpc) is 1.99. The van der Waals surface area contributed by atoms with Crippen molar-refractivity contribution < 1.29 is 9.53 Å². The predicted octanol–water partition coefficient (Wildman–Crippen LogP) is 3.29. The summed E-state index contributed by atoms with van der Waals surface area (Å²) in [6.07, 6.45) is 2.63. The van der Waals surface area contributed by atoms with E-state index in [2.05, 4.69) is 15.9 Å². The summed E-state index contributed by atoms with van der Waals surface area (Å²) in [6.45, 7) is 8.29. The molecule has 1 heterocycles. The zero-order valence-corrected chi connectivity index (χ0v) is 11.3. The maximum Gasteiger partial charge on any atom is 0.410 e. The second-order valence-corrected chi connectivity index (χ2v) is 5.86. The lowest BCUT2D eigenvalue weighted by molar-refractivity contribution is 0.0194. The third-order valence-electron chi connectivity index (χ3n) is 2.16. The van der Waals surface area contributed by atoms with E-state index in [9.17, 15) is 4.79 Å². The molecule has 1 amide bonds. The van der Waals surface area contributed by atoms with Crippen LogP contribution in [0.4, 0.5) is 4.79 Å². The maximum absolute atomic E-state index is 11.8. The molecule has 86 valence electrons. The van der Waals surface area contributed by atoms with Crippen molar-refractivity contribution in [1.82, 2.24) is 4.90 Å². The minimum atomic E-state index is -0.421. The van der Waals surface area contributed by atoms with E-state index in [0.717, 1.165) is 10.9 Å². The van der Waals surface area contributed by atoms with Gasteiger partial charge in [-0.15, -0.1) is 0 Å². The summed E-state index contributed by atoms with van der Waals surface area (Å²) in [4.78, 5) is 13.5. The van der Waals surface area contributed by atoms with Gasteiger partial charge in [0.05, 0.1) is 0 Å². The average molecular weight is 276 g/mol. The van der Waals surface area contributed by atoms with Gasteiger partial charge in [-0.2, -0.15) is 0 Å². The SMILES string of the molecule is CC1CC(Br)=CCN1C(=O)OC(C)(C)C. The highest BCUT2D eigenvalue weighted by molar-refractivity contribution is 9.11. The molecule has 1 aliphatic heterocycles. The van der Waals surface area contributed by atoms with Crippen molar-refractivity contribution in [3.8, 4) is 0 Å². The minimum absolute atomic E-state index is 0.194. The molecule has 0 aromatic carbocycles. The first kappa shape index (κ1) is 12.6. The molecule has 0 aromatic heterocycles. The third-order valence-corrected chi connectivity index (χ3v) is 2.81. The predicted molar refractivity (Wildman–Crippen MR) is 64.0 cm³/mol. The van der Waals surface area contributed by atoms with Gasteiger partial charge < -0.3 is 9.64 Å². The Morgan fingerprint density at radius 1 is 1.60 bits per heavy atom. The maximum atomic E-state index is 11.8. The monoisotopic (exact) mass is 275 g/mol. The lowest BCUT2D eigenvalue weighted by Crippen LogP contribution is -2.43. The van der Waals surface area contributed by atoms with Gasteiger partial charge in [0.25, 0.3) is 0 Å². The molecule has 1 atom stereocenters. The smallest absolute Gasteiger partial charge is 0.410 e. The van der Waals surface area contributed by atoms with Crippen LogP contribution in [0, 0.1) is 0 Å². The van der Waals surface area contributed by atoms with Gasteiger partial charge >= 0.3 is 6.09 Å². The Morgan fingerprint density at radius 2 is 2.20 bits per heavy atom. The Balaban J connectivity index is 2.61. The first-order valence-corrected chi connectivity index (χ1v) is 5.93. The van der Waals surface area contributed by atoms with E-state index >= 15 is 0 Å². The summed E-state index contributed by atoms with van der Waals surface area (Å²) in [5.74, 6) is 0. The zero-order valence-electron chi connectivity index (χ0n) is 9.71. The summed E-state index contributed by atoms with van der Waals surface area (Å²) in [7, 11) is 0. The number of carbonyl (C=O) groups excluding carboxylic acids is 1. The van der Waals surface area contributed by atoms with Crippen molar-refractivity contribution in [3.05, 3.63) is 10.6 Å². The van der Waals surface area contributed by atoms with E-state index in [1.165, 1.54) is 0 Å². The van der Waals surface area contributed by atoms with Crippen LogP contribution in [0.25, 0.3) is 0 Å². The van der Waals surface area contributed by atoms with Crippen molar-refractivity contribution in [1.29, 1.82) is 0 Å². The molecule has 0 saturated heterocycles. The van der Waals surface area contributed by atoms with Gasteiger partial charge in [-0.1, -0.05) is 22.0 Å². The minimum Gasteiger partial charge on any atom is -0.444 e. The van der Waals surface area contributed by atoms with Gasteiger partial charge in [-0.3, -0.25) is 0 Å². The van der Waals surface area contributed by atoms with Gasteiger partial charge in [-0.25, -0.2) is 4.79 Å². The second-order valence-electron chi connectivity index (χ2n) is 4.84. The van der Waals surface area contributed by atoms with Gasteiger partial charge in [-0.05, 0) is 38.6 Å². The zero-order chi connectivity index (χ0) is 11.6. The molecule has 3 nitrogen and oxygen atoms in total. The molecule has 1 unspecified atom stereocenters. The molecule has 4 heteroatoms. The van der Waals surface area contributed by atoms with Crippen molar-refractivity contribution in [2.24, 2.45) is 0 Å². The van der Waals surface area contributed by atoms with Crippen LogP contribution in [-0.4, -0.2) is 29.2 Å². The van der Waals surface area contributed by atoms with E-state index < -0.39 is 5.60 Å². The van der Waals surface area contributed by atoms with E-state index in [-0.39, 0.29) is 12.1 Å². The van der Waals surface area contributed by atoms with Gasteiger partial charge in [0.2, 0.25) is 0 Å². The number of carbonyl (C=O) groups is 1. The molecule has 0 aliphatic carbocycles. The van der Waals surface area contributed by atoms with Crippen LogP contribution in [0.1, 0.15) is 34.1 Å². The number of amides is 1. The fourth-order valence-corrected chi connectivity index (χ4v) is 2.04. The van der Waals surface area contributed by atoms with E-state index in [0.29, 0.717) is 6.54 Å². The van der Waals surface area contributed by atoms with Crippen LogP contribution >= 0.6 is 15.9 Å². The molecule has 0 N–H and O–H groups in total. The Hall–Kier alpha value is -0.510. The fourth-order valence-electron chi connectivity index (χ4n) is 1.43. The Kier molecular flexibility index (Phi) is 3.82. The van der Waals surface area contributed by atoms with Crippen molar-refractivity contribution in [3.63, 3.8) is 0 Å². The summed E-state index contributed by atoms with van der Waals surface area (Å²) in [5, 5.41) is 0. The fraction of sp³-hybridized carbons (Fsp3) is 0.727. The van der Waals surface area contributed by atoms with E-state index in [4.69, 9.17) is 4.74 Å². The van der Waals surface area contributed by atoms with Crippen LogP contribution in [0.3, 0.4) is 0 Å². The Labute approximate surface area is 99.6 Å². The highest BCUT2D eigenvalue weighted by Gasteiger charge is 2.27. The van der Waals surface area contributed by atoms with Gasteiger partial charge in [0, 0.05) is 12.6 Å². The van der Waals surface area contributed by atoms with Gasteiger partial charge in [0.1, 0.15) is 5.60 Å². The molecular weight excluding hydrogens is 258 g/mol. The topological polar surface area (TPSA) is 29.5 Å². The Bertz CT molecular complexity index is 281. The second kappa shape index (κ2) is 4.56. The molecular formula is C11H18BrNO2. The van der Waals surface area contributed by atoms with Gasteiger partial charge in [0.15, 0.2) is 0 Å². The van der Waals surface area contributed by atoms with Crippen molar-refractivity contribution in [2.45, 2.75) is 45.8 Å². The summed E-state index contributed by atoms with van der Waals surface area (Å²) in [6, 6.07) is 0.194. The van der Waals surface area contributed by atoms with Crippen LogP contribution < -0.4 is 0 Å². The van der Waals surface area contributed by atoms with Crippen LogP contribution in [0.5, 0.6) is 0 Å². The lowest BCUT2D eigenvalue weighted by Gasteiger charge is -2.33. The van der Waals surface area contributed by atoms with Crippen LogP contribution in [-0.2, 0) is 4.74 Å². The number of hydrogen-bond acceptors (Lipinski definition) is 2. The number of rotatable bonds is 0. The molecule has 0 aromatic rings. The van der Waals surface area contributed by atoms with Crippen LogP contribution in [0.2, 0.25) is 0 Å². The quantitative estimate of drug-likeness (QED) is 0.679. The first-order chi connectivity index (χ1) is 6.79. The summed E-state index contributed by atoms with van der Waals surface area (Å²) >= 11 is 3.45. The first-order valence-electron chi connectivity index (χ1n) is 5.14. The number of ether oxygens (including phenoxy) is 1. The molecule has 0 saturated carbocycles. The molecule has 0 bridgehead atoms. The largest absolute Gasteiger partial charge is 0.444 e. The number of hydrogen-bond donors (Lipinski definition) is 0. The summed E-state index contributed by atoms with van der Waals surface area (Å²) < 4.78 is 6.49. The normalized spacial score (nSPS) is 22.3. The van der Waals surface area contributed by atoms with Crippen molar-refractivity contribution >= 4 is 22.0 Å². The van der Waals surface area contributed by atoms with E-state index in [1.807, 2.05) is 33.8 Å². The van der Waals surface area contributed by atoms with Crippen LogP contribution in [0.15, 0.2) is 10.6 Å². The number of halogens is 1. The molecule has 0 fully saturated rings. The van der Waals surface area contributed by atoms with E-state index in [1.54, 1.807) is 4.90 Å². The molecule has 1 rings (SSSR count). The third kappa shape index (κ3) is 3.86. The Morgan fingerprint density at radius 3 is 2.67 bits per heavy atom. The standard InChI is InChI=1S/C11H18BrNO2/c1-8-7-9(12)5-6-13(8)10(14)15-11(2,3)4/h5,8H,6-7H2,1-4H3. The molecule has 15 heavy (non-hydrogen) atoms. The number of nitrogens with zero attached hydrogens (tertiary/aromatic N) is 1. The molecule has 0 radical (unpaired) electrons. The lowest BCUT2D eigenvalue weighted by atomic mass is 10.1. The summed E-state index contributed by atoms with van der Waals surface area (Å²) in [5.41, 5.74) is -0.421. The molecule has 1 aliphatic rings.